The number of hydrogen-bond donors (Lipinski definition) is 2. The smallest absolute Gasteiger partial charge is 0.180 e. The normalized spacial score (nSPS) is 10.7. The van der Waals surface area contributed by atoms with E-state index in [2.05, 4.69) is 37.7 Å². The van der Waals surface area contributed by atoms with E-state index < -0.39 is 0 Å². The van der Waals surface area contributed by atoms with E-state index in [4.69, 9.17) is 30.4 Å². The van der Waals surface area contributed by atoms with Gasteiger partial charge in [0.1, 0.15) is 24.7 Å². The number of anilines is 2. The summed E-state index contributed by atoms with van der Waals surface area (Å²) < 4.78 is 21.2. The van der Waals surface area contributed by atoms with Crippen LogP contribution in [0.5, 0.6) is 11.5 Å². The van der Waals surface area contributed by atoms with Gasteiger partial charge in [0.15, 0.2) is 10.3 Å². The van der Waals surface area contributed by atoms with E-state index in [1.807, 2.05) is 35.0 Å². The third kappa shape index (κ3) is 7.91. The van der Waals surface area contributed by atoms with E-state index in [1.54, 1.807) is 14.2 Å². The zero-order valence-corrected chi connectivity index (χ0v) is 24.4. The third-order valence-corrected chi connectivity index (χ3v) is 7.03. The van der Waals surface area contributed by atoms with E-state index in [9.17, 15) is 0 Å². The number of nitrogens with two attached hydrogens (primary N) is 2. The summed E-state index contributed by atoms with van der Waals surface area (Å²) >= 11 is 2.91. The Morgan fingerprint density at radius 3 is 1.21 bits per heavy atom. The van der Waals surface area contributed by atoms with Gasteiger partial charge in [-0.2, -0.15) is 0 Å². The Bertz CT molecular complexity index is 1190. The number of aryl methyl sites for hydroxylation is 4. The Morgan fingerprint density at radius 2 is 0.947 bits per heavy atom. The largest absolute Gasteiger partial charge is 0.491 e. The molecule has 0 saturated heterocycles. The molecule has 4 aromatic rings. The van der Waals surface area contributed by atoms with Crippen LogP contribution >= 0.6 is 22.7 Å². The van der Waals surface area contributed by atoms with Crippen molar-refractivity contribution in [1.82, 2.24) is 9.97 Å². The van der Waals surface area contributed by atoms with Crippen molar-refractivity contribution in [3.05, 3.63) is 57.3 Å². The molecule has 0 radical (unpaired) electrons. The van der Waals surface area contributed by atoms with Crippen LogP contribution in [0.15, 0.2) is 35.0 Å². The van der Waals surface area contributed by atoms with Crippen molar-refractivity contribution in [2.45, 2.75) is 27.7 Å². The molecule has 0 atom stereocenters. The van der Waals surface area contributed by atoms with Gasteiger partial charge in [-0.1, -0.05) is 0 Å². The fraction of sp³-hybridized carbons (Fsp3) is 0.357. The quantitative estimate of drug-likeness (QED) is 0.226. The second-order valence-electron chi connectivity index (χ2n) is 8.69. The van der Waals surface area contributed by atoms with Crippen LogP contribution in [-0.4, -0.2) is 50.6 Å². The molecule has 38 heavy (non-hydrogen) atoms. The van der Waals surface area contributed by atoms with Gasteiger partial charge >= 0.3 is 0 Å². The van der Waals surface area contributed by atoms with Crippen LogP contribution in [-0.2, 0) is 9.47 Å². The molecule has 8 nitrogen and oxygen atoms in total. The van der Waals surface area contributed by atoms with Crippen LogP contribution in [0.25, 0.3) is 22.5 Å². The summed E-state index contributed by atoms with van der Waals surface area (Å²) in [7, 11) is 3.32. The van der Waals surface area contributed by atoms with Crippen molar-refractivity contribution < 1.29 is 18.9 Å². The molecule has 204 valence electrons. The van der Waals surface area contributed by atoms with Crippen molar-refractivity contribution >= 4 is 32.9 Å². The number of nitrogen functional groups attached to an aromatic ring is 2. The van der Waals surface area contributed by atoms with E-state index in [0.717, 1.165) is 56.3 Å². The van der Waals surface area contributed by atoms with Gasteiger partial charge in [-0.25, -0.2) is 9.97 Å². The summed E-state index contributed by atoms with van der Waals surface area (Å²) in [5.41, 5.74) is 20.1. The number of aromatic nitrogens is 2. The van der Waals surface area contributed by atoms with Crippen LogP contribution in [0.1, 0.15) is 22.3 Å². The summed E-state index contributed by atoms with van der Waals surface area (Å²) in [6.07, 6.45) is 0. The molecule has 10 heteroatoms. The molecule has 0 bridgehead atoms. The van der Waals surface area contributed by atoms with Crippen molar-refractivity contribution in [1.29, 1.82) is 0 Å². The molecule has 0 aliphatic heterocycles. The molecule has 0 unspecified atom stereocenters. The van der Waals surface area contributed by atoms with Crippen molar-refractivity contribution in [2.75, 3.05) is 52.1 Å². The predicted octanol–water partition coefficient (Wildman–Crippen LogP) is 6.07. The highest BCUT2D eigenvalue weighted by molar-refractivity contribution is 7.14. The highest BCUT2D eigenvalue weighted by atomic mass is 32.1. The van der Waals surface area contributed by atoms with Gasteiger partial charge < -0.3 is 30.4 Å². The SMILES string of the molecule is COCCOc1cc(C)c(-c2csc(N)n2)c(C)c1.COCCOc1cc(C)c(-c2csc(N)n2)c(C)c1. The first-order valence-corrected chi connectivity index (χ1v) is 13.9. The summed E-state index contributed by atoms with van der Waals surface area (Å²) in [4.78, 5) is 8.69. The summed E-state index contributed by atoms with van der Waals surface area (Å²) in [5.74, 6) is 1.72. The molecule has 0 aliphatic rings. The Morgan fingerprint density at radius 1 is 0.605 bits per heavy atom. The first-order chi connectivity index (χ1) is 18.2. The number of benzene rings is 2. The van der Waals surface area contributed by atoms with E-state index in [-0.39, 0.29) is 0 Å². The molecule has 4 N–H and O–H groups in total. The fourth-order valence-corrected chi connectivity index (χ4v) is 5.22. The monoisotopic (exact) mass is 556 g/mol. The van der Waals surface area contributed by atoms with Crippen LogP contribution in [0, 0.1) is 27.7 Å². The van der Waals surface area contributed by atoms with Gasteiger partial charge in [0.2, 0.25) is 0 Å². The van der Waals surface area contributed by atoms with Gasteiger partial charge in [-0.05, 0) is 74.2 Å². The molecule has 0 spiro atoms. The average molecular weight is 557 g/mol. The second kappa shape index (κ2) is 14.1. The fourth-order valence-electron chi connectivity index (χ4n) is 4.11. The predicted molar refractivity (Wildman–Crippen MR) is 158 cm³/mol. The Balaban J connectivity index is 0.000000211. The number of thiazole rings is 2. The van der Waals surface area contributed by atoms with Crippen LogP contribution < -0.4 is 20.9 Å². The van der Waals surface area contributed by atoms with Gasteiger partial charge in [-0.3, -0.25) is 0 Å². The summed E-state index contributed by atoms with van der Waals surface area (Å²) in [6, 6.07) is 8.09. The maximum atomic E-state index is 5.70. The van der Waals surface area contributed by atoms with Gasteiger partial charge in [0.05, 0.1) is 24.6 Å². The highest BCUT2D eigenvalue weighted by Crippen LogP contribution is 2.33. The molecule has 2 aromatic heterocycles. The lowest BCUT2D eigenvalue weighted by Gasteiger charge is -2.12. The summed E-state index contributed by atoms with van der Waals surface area (Å²) in [5, 5.41) is 5.15. The van der Waals surface area contributed by atoms with E-state index in [0.29, 0.717) is 36.7 Å². The number of methoxy groups -OCH3 is 2. The second-order valence-corrected chi connectivity index (χ2v) is 10.5. The van der Waals surface area contributed by atoms with Crippen molar-refractivity contribution in [2.24, 2.45) is 0 Å². The molecule has 2 heterocycles. The molecular weight excluding hydrogens is 520 g/mol. The molecule has 0 fully saturated rings. The molecule has 0 aliphatic carbocycles. The van der Waals surface area contributed by atoms with Crippen molar-refractivity contribution in [3.8, 4) is 34.0 Å². The van der Waals surface area contributed by atoms with Crippen LogP contribution in [0.2, 0.25) is 0 Å². The Kier molecular flexibility index (Phi) is 10.9. The molecule has 0 amide bonds. The first-order valence-electron chi connectivity index (χ1n) is 12.1. The average Bonchev–Trinajstić information content (AvgIpc) is 3.47. The summed E-state index contributed by atoms with van der Waals surface area (Å²) in [6.45, 7) is 10.5. The number of hydrogen-bond acceptors (Lipinski definition) is 10. The lowest BCUT2D eigenvalue weighted by molar-refractivity contribution is 0.146. The standard InChI is InChI=1S/2C14H18N2O2S/c2*1-9-6-11(18-5-4-17-3)7-10(2)13(9)12-8-19-14(15)16-12/h2*6-8H,4-5H2,1-3H3,(H2,15,16). The van der Waals surface area contributed by atoms with E-state index in [1.165, 1.54) is 22.7 Å². The zero-order valence-electron chi connectivity index (χ0n) is 22.8. The van der Waals surface area contributed by atoms with Crippen molar-refractivity contribution in [3.63, 3.8) is 0 Å². The Labute approximate surface area is 232 Å². The van der Waals surface area contributed by atoms with Gasteiger partial charge in [0.25, 0.3) is 0 Å². The minimum absolute atomic E-state index is 0.554. The molecular formula is C28H36N4O4S2. The minimum atomic E-state index is 0.554. The third-order valence-electron chi connectivity index (χ3n) is 5.68. The Hall–Kier alpha value is -3.18. The molecule has 0 saturated carbocycles. The number of rotatable bonds is 10. The first kappa shape index (κ1) is 29.4. The highest BCUT2D eigenvalue weighted by Gasteiger charge is 2.12. The molecule has 2 aromatic carbocycles. The number of ether oxygens (including phenoxy) is 4. The maximum absolute atomic E-state index is 5.70. The lowest BCUT2D eigenvalue weighted by Crippen LogP contribution is -2.04. The van der Waals surface area contributed by atoms with Gasteiger partial charge in [-0.15, -0.1) is 22.7 Å². The maximum Gasteiger partial charge on any atom is 0.180 e. The van der Waals surface area contributed by atoms with Gasteiger partial charge in [0, 0.05) is 36.1 Å². The number of nitrogens with zero attached hydrogens (tertiary/aromatic N) is 2. The van der Waals surface area contributed by atoms with Crippen LogP contribution in [0.4, 0.5) is 10.3 Å². The van der Waals surface area contributed by atoms with Crippen LogP contribution in [0.3, 0.4) is 0 Å². The topological polar surface area (TPSA) is 115 Å². The zero-order chi connectivity index (χ0) is 27.7. The van der Waals surface area contributed by atoms with E-state index >= 15 is 0 Å². The minimum Gasteiger partial charge on any atom is -0.491 e. The lowest BCUT2D eigenvalue weighted by atomic mass is 10.0. The molecule has 4 rings (SSSR count).